The van der Waals surface area contributed by atoms with Crippen molar-refractivity contribution in [3.05, 3.63) is 29.3 Å². The summed E-state index contributed by atoms with van der Waals surface area (Å²) in [6.45, 7) is 0.822. The second-order valence-electron chi connectivity index (χ2n) is 3.58. The van der Waals surface area contributed by atoms with Crippen LogP contribution in [0.2, 0.25) is 0 Å². The maximum atomic E-state index is 13.4. The van der Waals surface area contributed by atoms with Crippen LogP contribution in [0.5, 0.6) is 0 Å². The molecule has 1 aromatic carbocycles. The van der Waals surface area contributed by atoms with Crippen LogP contribution in [-0.4, -0.2) is 17.5 Å². The van der Waals surface area contributed by atoms with E-state index in [4.69, 9.17) is 5.26 Å². The molecule has 0 bridgehead atoms. The highest BCUT2D eigenvalue weighted by molar-refractivity contribution is 8.13. The van der Waals surface area contributed by atoms with Gasteiger partial charge in [-0.3, -0.25) is 5.43 Å². The van der Waals surface area contributed by atoms with Gasteiger partial charge >= 0.3 is 0 Å². The molecular formula is C11H10F2N4S. The van der Waals surface area contributed by atoms with Crippen LogP contribution in [0.4, 0.5) is 14.5 Å². The number of nitrogens with zero attached hydrogens (tertiary/aromatic N) is 2. The molecule has 1 aliphatic rings. The fraction of sp³-hybridized carbons (Fsp3) is 0.273. The van der Waals surface area contributed by atoms with E-state index in [2.05, 4.69) is 15.8 Å². The zero-order valence-electron chi connectivity index (χ0n) is 9.33. The summed E-state index contributed by atoms with van der Waals surface area (Å²) in [6.07, 6.45) is 1.05. The van der Waals surface area contributed by atoms with Crippen LogP contribution in [0.25, 0.3) is 0 Å². The topological polar surface area (TPSA) is 60.2 Å². The van der Waals surface area contributed by atoms with Crippen LogP contribution in [0, 0.1) is 23.0 Å². The number of hydrogen-bond acceptors (Lipinski definition) is 4. The minimum atomic E-state index is -0.877. The quantitative estimate of drug-likeness (QED) is 0.808. The zero-order valence-corrected chi connectivity index (χ0v) is 10.2. The van der Waals surface area contributed by atoms with Gasteiger partial charge in [0.05, 0.1) is 11.3 Å². The molecule has 0 saturated carbocycles. The van der Waals surface area contributed by atoms with Gasteiger partial charge in [-0.05, 0) is 12.5 Å². The smallest absolute Gasteiger partial charge is 0.180 e. The van der Waals surface area contributed by atoms with Crippen molar-refractivity contribution in [2.45, 2.75) is 6.42 Å². The normalized spacial score (nSPS) is 17.1. The third kappa shape index (κ3) is 2.90. The van der Waals surface area contributed by atoms with Gasteiger partial charge in [-0.25, -0.2) is 8.78 Å². The standard InChI is InChI=1S/C11H10F2N4S/c12-8-5-9(13)10(4-7(8)6-14)16-17-11-15-2-1-3-18-11/h4-5,16H,1-3H2,(H,15,17). The largest absolute Gasteiger partial charge is 0.363 e. The predicted octanol–water partition coefficient (Wildman–Crippen LogP) is 2.25. The summed E-state index contributed by atoms with van der Waals surface area (Å²) in [6, 6.07) is 3.42. The molecule has 1 aromatic rings. The Morgan fingerprint density at radius 1 is 1.39 bits per heavy atom. The molecule has 2 N–H and O–H groups in total. The molecule has 94 valence electrons. The van der Waals surface area contributed by atoms with Crippen molar-refractivity contribution in [1.29, 1.82) is 5.26 Å². The van der Waals surface area contributed by atoms with E-state index in [1.54, 1.807) is 6.07 Å². The Balaban J connectivity index is 2.16. The monoisotopic (exact) mass is 268 g/mol. The zero-order chi connectivity index (χ0) is 13.0. The Bertz CT molecular complexity index is 517. The molecule has 1 heterocycles. The third-order valence-electron chi connectivity index (χ3n) is 2.29. The van der Waals surface area contributed by atoms with Crippen molar-refractivity contribution >= 4 is 22.6 Å². The van der Waals surface area contributed by atoms with Gasteiger partial charge in [-0.15, -0.1) is 0 Å². The van der Waals surface area contributed by atoms with Gasteiger partial charge in [0.25, 0.3) is 0 Å². The average Bonchev–Trinajstić information content (AvgIpc) is 2.39. The molecule has 1 aliphatic heterocycles. The maximum Gasteiger partial charge on any atom is 0.180 e. The van der Waals surface area contributed by atoms with Crippen molar-refractivity contribution in [2.24, 2.45) is 5.10 Å². The fourth-order valence-corrected chi connectivity index (χ4v) is 2.19. The van der Waals surface area contributed by atoms with Crippen molar-refractivity contribution in [2.75, 3.05) is 17.7 Å². The molecule has 2 rings (SSSR count). The minimum Gasteiger partial charge on any atom is -0.363 e. The molecule has 1 saturated heterocycles. The Kier molecular flexibility index (Phi) is 3.99. The maximum absolute atomic E-state index is 13.4. The molecule has 0 aliphatic carbocycles. The SMILES string of the molecule is N#Cc1cc(NN=C2NCCCS2)c(F)cc1F. The molecule has 4 nitrogen and oxygen atoms in total. The summed E-state index contributed by atoms with van der Waals surface area (Å²) < 4.78 is 26.5. The van der Waals surface area contributed by atoms with E-state index in [0.717, 1.165) is 24.8 Å². The summed E-state index contributed by atoms with van der Waals surface area (Å²) in [7, 11) is 0. The van der Waals surface area contributed by atoms with Crippen molar-refractivity contribution < 1.29 is 8.78 Å². The summed E-state index contributed by atoms with van der Waals surface area (Å²) in [5.41, 5.74) is 2.26. The summed E-state index contributed by atoms with van der Waals surface area (Å²) in [4.78, 5) is 0. The number of hydrogen-bond donors (Lipinski definition) is 2. The van der Waals surface area contributed by atoms with Crippen molar-refractivity contribution in [1.82, 2.24) is 5.32 Å². The third-order valence-corrected chi connectivity index (χ3v) is 3.29. The summed E-state index contributed by atoms with van der Waals surface area (Å²) in [5.74, 6) is -0.710. The first-order valence-electron chi connectivity index (χ1n) is 5.30. The molecule has 1 fully saturated rings. The predicted molar refractivity (Wildman–Crippen MR) is 67.2 cm³/mol. The highest BCUT2D eigenvalue weighted by Crippen LogP contribution is 2.19. The number of nitrogens with one attached hydrogen (secondary N) is 2. The second-order valence-corrected chi connectivity index (χ2v) is 4.66. The van der Waals surface area contributed by atoms with Crippen LogP contribution < -0.4 is 10.7 Å². The van der Waals surface area contributed by atoms with E-state index in [9.17, 15) is 8.78 Å². The molecule has 0 aromatic heterocycles. The number of hydrazone groups is 1. The van der Waals surface area contributed by atoms with Crippen LogP contribution in [-0.2, 0) is 0 Å². The Labute approximate surface area is 107 Å². The highest BCUT2D eigenvalue weighted by Gasteiger charge is 2.10. The highest BCUT2D eigenvalue weighted by atomic mass is 32.2. The van der Waals surface area contributed by atoms with E-state index in [-0.39, 0.29) is 11.3 Å². The molecule has 0 radical (unpaired) electrons. The van der Waals surface area contributed by atoms with E-state index in [1.165, 1.54) is 11.8 Å². The Hall–Kier alpha value is -1.81. The number of amidine groups is 1. The number of halogens is 2. The van der Waals surface area contributed by atoms with Crippen molar-refractivity contribution in [3.63, 3.8) is 0 Å². The van der Waals surface area contributed by atoms with E-state index in [1.807, 2.05) is 0 Å². The lowest BCUT2D eigenvalue weighted by Gasteiger charge is -2.14. The van der Waals surface area contributed by atoms with Gasteiger partial charge in [0, 0.05) is 18.4 Å². The number of rotatable bonds is 2. The van der Waals surface area contributed by atoms with Crippen LogP contribution in [0.1, 0.15) is 12.0 Å². The molecule has 7 heteroatoms. The first-order chi connectivity index (χ1) is 8.70. The lowest BCUT2D eigenvalue weighted by molar-refractivity contribution is 0.583. The lowest BCUT2D eigenvalue weighted by atomic mass is 10.2. The second kappa shape index (κ2) is 5.69. The van der Waals surface area contributed by atoms with Crippen molar-refractivity contribution in [3.8, 4) is 6.07 Å². The summed E-state index contributed by atoms with van der Waals surface area (Å²) in [5, 5.41) is 16.3. The molecule has 0 amide bonds. The van der Waals surface area contributed by atoms with Gasteiger partial charge in [0.2, 0.25) is 0 Å². The van der Waals surface area contributed by atoms with Gasteiger partial charge in [0.1, 0.15) is 11.9 Å². The van der Waals surface area contributed by atoms with Gasteiger partial charge < -0.3 is 5.32 Å². The van der Waals surface area contributed by atoms with E-state index in [0.29, 0.717) is 11.2 Å². The minimum absolute atomic E-state index is 0.0200. The van der Waals surface area contributed by atoms with E-state index >= 15 is 0 Å². The van der Waals surface area contributed by atoms with Crippen LogP contribution in [0.3, 0.4) is 0 Å². The first-order valence-corrected chi connectivity index (χ1v) is 6.29. The molecule has 0 spiro atoms. The van der Waals surface area contributed by atoms with Crippen LogP contribution in [0.15, 0.2) is 17.2 Å². The Morgan fingerprint density at radius 2 is 2.22 bits per heavy atom. The number of thioether (sulfide) groups is 1. The summed E-state index contributed by atoms with van der Waals surface area (Å²) >= 11 is 1.52. The van der Waals surface area contributed by atoms with Gasteiger partial charge in [-0.1, -0.05) is 11.8 Å². The number of anilines is 1. The lowest BCUT2D eigenvalue weighted by Crippen LogP contribution is -2.27. The van der Waals surface area contributed by atoms with E-state index < -0.39 is 11.6 Å². The fourth-order valence-electron chi connectivity index (χ4n) is 1.39. The average molecular weight is 268 g/mol. The van der Waals surface area contributed by atoms with Crippen LogP contribution >= 0.6 is 11.8 Å². The Morgan fingerprint density at radius 3 is 2.89 bits per heavy atom. The van der Waals surface area contributed by atoms with Gasteiger partial charge in [-0.2, -0.15) is 10.4 Å². The number of benzene rings is 1. The molecule has 0 unspecified atom stereocenters. The first kappa shape index (κ1) is 12.6. The number of nitriles is 1. The molecular weight excluding hydrogens is 258 g/mol. The molecule has 0 atom stereocenters. The molecule has 18 heavy (non-hydrogen) atoms. The van der Waals surface area contributed by atoms with Gasteiger partial charge in [0.15, 0.2) is 11.0 Å².